The molecule has 0 fully saturated rings. The van der Waals surface area contributed by atoms with Crippen molar-refractivity contribution in [3.63, 3.8) is 0 Å². The Morgan fingerprint density at radius 2 is 1.78 bits per heavy atom. The van der Waals surface area contributed by atoms with Crippen molar-refractivity contribution in [3.05, 3.63) is 34.4 Å². The lowest BCUT2D eigenvalue weighted by atomic mass is 9.99. The lowest BCUT2D eigenvalue weighted by Crippen LogP contribution is -2.33. The summed E-state index contributed by atoms with van der Waals surface area (Å²) >= 11 is 0. The van der Waals surface area contributed by atoms with Crippen molar-refractivity contribution in [2.24, 2.45) is 11.7 Å². The van der Waals surface area contributed by atoms with E-state index < -0.39 is 0 Å². The zero-order valence-electron chi connectivity index (χ0n) is 11.5. The zero-order valence-corrected chi connectivity index (χ0v) is 12.4. The molecule has 0 bridgehead atoms. The molecule has 1 rings (SSSR count). The summed E-state index contributed by atoms with van der Waals surface area (Å²) in [5.74, 6) is -0.104. The van der Waals surface area contributed by atoms with Crippen LogP contribution in [0.2, 0.25) is 0 Å². The molecule has 0 aliphatic heterocycles. The Bertz CT molecular complexity index is 395. The summed E-state index contributed by atoms with van der Waals surface area (Å²) in [6.45, 7) is 9.05. The van der Waals surface area contributed by atoms with E-state index >= 15 is 0 Å². The molecule has 0 saturated heterocycles. The van der Waals surface area contributed by atoms with Crippen LogP contribution in [-0.4, -0.2) is 12.5 Å². The van der Waals surface area contributed by atoms with Crippen molar-refractivity contribution in [1.29, 1.82) is 0 Å². The highest BCUT2D eigenvalue weighted by Crippen LogP contribution is 2.16. The average molecular weight is 271 g/mol. The number of nitrogens with one attached hydrogen (secondary N) is 1. The molecule has 3 nitrogen and oxygen atoms in total. The summed E-state index contributed by atoms with van der Waals surface area (Å²) in [4.78, 5) is 11.6. The van der Waals surface area contributed by atoms with Crippen molar-refractivity contribution < 1.29 is 4.79 Å². The van der Waals surface area contributed by atoms with Gasteiger partial charge in [0.1, 0.15) is 0 Å². The second kappa shape index (κ2) is 7.39. The molecule has 0 spiro atoms. The number of nitrogens with two attached hydrogens (primary N) is 1. The topological polar surface area (TPSA) is 55.1 Å². The molecule has 18 heavy (non-hydrogen) atoms. The minimum atomic E-state index is -0.124. The summed E-state index contributed by atoms with van der Waals surface area (Å²) in [5.41, 5.74) is 10.4. The summed E-state index contributed by atoms with van der Waals surface area (Å²) in [5, 5.41) is 2.93. The van der Waals surface area contributed by atoms with E-state index in [1.165, 1.54) is 22.3 Å². The summed E-state index contributed by atoms with van der Waals surface area (Å²) < 4.78 is 0. The minimum Gasteiger partial charge on any atom is -0.352 e. The number of hydrogen-bond acceptors (Lipinski definition) is 2. The lowest BCUT2D eigenvalue weighted by Gasteiger charge is -2.14. The fourth-order valence-electron chi connectivity index (χ4n) is 1.95. The Hall–Kier alpha value is -1.06. The Kier molecular flexibility index (Phi) is 6.96. The predicted molar refractivity (Wildman–Crippen MR) is 78.0 cm³/mol. The van der Waals surface area contributed by atoms with E-state index in [1.807, 2.05) is 6.92 Å². The summed E-state index contributed by atoms with van der Waals surface area (Å²) in [6.07, 6.45) is 0. The van der Waals surface area contributed by atoms with Crippen molar-refractivity contribution in [1.82, 2.24) is 5.32 Å². The third kappa shape index (κ3) is 4.31. The third-order valence-electron chi connectivity index (χ3n) is 3.08. The molecule has 1 aromatic carbocycles. The fourth-order valence-corrected chi connectivity index (χ4v) is 1.95. The van der Waals surface area contributed by atoms with Gasteiger partial charge in [-0.25, -0.2) is 0 Å². The van der Waals surface area contributed by atoms with Crippen LogP contribution in [-0.2, 0) is 11.3 Å². The molecule has 0 aromatic heterocycles. The van der Waals surface area contributed by atoms with E-state index in [0.29, 0.717) is 13.1 Å². The Morgan fingerprint density at radius 1 is 1.28 bits per heavy atom. The van der Waals surface area contributed by atoms with Crippen LogP contribution in [0, 0.1) is 26.7 Å². The van der Waals surface area contributed by atoms with Crippen LogP contribution in [0.1, 0.15) is 29.2 Å². The van der Waals surface area contributed by atoms with E-state index in [-0.39, 0.29) is 24.2 Å². The van der Waals surface area contributed by atoms with Gasteiger partial charge in [0.25, 0.3) is 0 Å². The molecule has 0 heterocycles. The van der Waals surface area contributed by atoms with Crippen molar-refractivity contribution >= 4 is 18.3 Å². The van der Waals surface area contributed by atoms with Crippen LogP contribution >= 0.6 is 12.4 Å². The first-order chi connectivity index (χ1) is 7.95. The Balaban J connectivity index is 0.00000289. The quantitative estimate of drug-likeness (QED) is 0.882. The number of carbonyl (C=O) groups is 1. The van der Waals surface area contributed by atoms with Gasteiger partial charge in [0.05, 0.1) is 0 Å². The van der Waals surface area contributed by atoms with E-state index in [1.54, 1.807) is 0 Å². The molecular formula is C14H23ClN2O. The van der Waals surface area contributed by atoms with E-state index in [0.717, 1.165) is 0 Å². The van der Waals surface area contributed by atoms with Gasteiger partial charge in [-0.3, -0.25) is 4.79 Å². The first kappa shape index (κ1) is 16.9. The normalized spacial score (nSPS) is 11.6. The van der Waals surface area contributed by atoms with Crippen LogP contribution < -0.4 is 11.1 Å². The molecule has 1 aromatic rings. The average Bonchev–Trinajstić information content (AvgIpc) is 2.26. The van der Waals surface area contributed by atoms with Gasteiger partial charge in [-0.15, -0.1) is 12.4 Å². The molecule has 4 heteroatoms. The molecular weight excluding hydrogens is 248 g/mol. The maximum Gasteiger partial charge on any atom is 0.224 e. The van der Waals surface area contributed by atoms with Gasteiger partial charge >= 0.3 is 0 Å². The molecule has 1 atom stereocenters. The number of rotatable bonds is 4. The number of halogens is 1. The molecule has 102 valence electrons. The summed E-state index contributed by atoms with van der Waals surface area (Å²) in [7, 11) is 0. The predicted octanol–water partition coefficient (Wildman–Crippen LogP) is 2.24. The Morgan fingerprint density at radius 3 is 2.22 bits per heavy atom. The number of carbonyl (C=O) groups excluding carboxylic acids is 1. The molecule has 0 saturated carbocycles. The van der Waals surface area contributed by atoms with Crippen LogP contribution in [0.5, 0.6) is 0 Å². The van der Waals surface area contributed by atoms with Crippen LogP contribution in [0.4, 0.5) is 0 Å². The van der Waals surface area contributed by atoms with Crippen molar-refractivity contribution in [2.75, 3.05) is 6.54 Å². The SMILES string of the molecule is Cc1cc(C)c(CNC(=O)C(C)CN)c(C)c1.Cl. The van der Waals surface area contributed by atoms with Crippen LogP contribution in [0.15, 0.2) is 12.1 Å². The van der Waals surface area contributed by atoms with Gasteiger partial charge in [0.2, 0.25) is 5.91 Å². The van der Waals surface area contributed by atoms with Gasteiger partial charge in [-0.2, -0.15) is 0 Å². The highest BCUT2D eigenvalue weighted by atomic mass is 35.5. The monoisotopic (exact) mass is 270 g/mol. The second-order valence-corrected chi connectivity index (χ2v) is 4.73. The van der Waals surface area contributed by atoms with Crippen molar-refractivity contribution in [2.45, 2.75) is 34.2 Å². The maximum atomic E-state index is 11.6. The van der Waals surface area contributed by atoms with Crippen LogP contribution in [0.25, 0.3) is 0 Å². The van der Waals surface area contributed by atoms with Gasteiger partial charge in [-0.1, -0.05) is 24.6 Å². The third-order valence-corrected chi connectivity index (χ3v) is 3.08. The second-order valence-electron chi connectivity index (χ2n) is 4.73. The standard InChI is InChI=1S/C14H22N2O.ClH/c1-9-5-10(2)13(11(3)6-9)8-16-14(17)12(4)7-15;/h5-6,12H,7-8,15H2,1-4H3,(H,16,17);1H. The van der Waals surface area contributed by atoms with E-state index in [4.69, 9.17) is 5.73 Å². The maximum absolute atomic E-state index is 11.6. The summed E-state index contributed by atoms with van der Waals surface area (Å²) in [6, 6.07) is 4.28. The van der Waals surface area contributed by atoms with E-state index in [2.05, 4.69) is 38.2 Å². The molecule has 1 unspecified atom stereocenters. The van der Waals surface area contributed by atoms with Gasteiger partial charge < -0.3 is 11.1 Å². The lowest BCUT2D eigenvalue weighted by molar-refractivity contribution is -0.124. The number of amides is 1. The minimum absolute atomic E-state index is 0. The largest absolute Gasteiger partial charge is 0.352 e. The smallest absolute Gasteiger partial charge is 0.224 e. The highest BCUT2D eigenvalue weighted by Gasteiger charge is 2.11. The van der Waals surface area contributed by atoms with Crippen LogP contribution in [0.3, 0.4) is 0 Å². The molecule has 1 amide bonds. The first-order valence-corrected chi connectivity index (χ1v) is 6.00. The highest BCUT2D eigenvalue weighted by molar-refractivity contribution is 5.85. The number of benzene rings is 1. The first-order valence-electron chi connectivity index (χ1n) is 6.00. The van der Waals surface area contributed by atoms with Gasteiger partial charge in [-0.05, 0) is 37.5 Å². The number of aryl methyl sites for hydroxylation is 3. The number of hydrogen-bond donors (Lipinski definition) is 2. The van der Waals surface area contributed by atoms with Gasteiger partial charge in [0.15, 0.2) is 0 Å². The molecule has 0 aliphatic rings. The van der Waals surface area contributed by atoms with Gasteiger partial charge in [0, 0.05) is 19.0 Å². The Labute approximate surface area is 116 Å². The fraction of sp³-hybridized carbons (Fsp3) is 0.500. The molecule has 3 N–H and O–H groups in total. The zero-order chi connectivity index (χ0) is 13.0. The van der Waals surface area contributed by atoms with Crippen molar-refractivity contribution in [3.8, 4) is 0 Å². The van der Waals surface area contributed by atoms with E-state index in [9.17, 15) is 4.79 Å². The molecule has 0 radical (unpaired) electrons. The molecule has 0 aliphatic carbocycles.